The molecule has 1 aromatic heterocycles. The average Bonchev–Trinajstić information content (AvgIpc) is 2.73. The molecule has 0 saturated carbocycles. The minimum absolute atomic E-state index is 0.218. The number of hydrogen-bond acceptors (Lipinski definition) is 4. The van der Waals surface area contributed by atoms with E-state index < -0.39 is 6.04 Å². The number of aryl methyl sites for hydroxylation is 1. The standard InChI is InChI=1S/C18H20N4O3/c1-11-14(8-9-16(19-11)25-3)21-18(24)22-10-13-6-4-5-7-15(13)20-17(23)12(22)2/h4-9,12H,10H2,1-3H3,(H,20,23)(H,21,24). The predicted octanol–water partition coefficient (Wildman–Crippen LogP) is 2.77. The maximum absolute atomic E-state index is 12.8. The molecule has 0 bridgehead atoms. The molecule has 2 heterocycles. The lowest BCUT2D eigenvalue weighted by Crippen LogP contribution is -2.45. The van der Waals surface area contributed by atoms with Gasteiger partial charge in [0.1, 0.15) is 6.04 Å². The number of carbonyl (C=O) groups is 2. The van der Waals surface area contributed by atoms with Crippen LogP contribution in [0, 0.1) is 6.92 Å². The van der Waals surface area contributed by atoms with E-state index >= 15 is 0 Å². The number of carbonyl (C=O) groups excluding carboxylic acids is 2. The van der Waals surface area contributed by atoms with E-state index in [2.05, 4.69) is 15.6 Å². The zero-order valence-corrected chi connectivity index (χ0v) is 14.4. The van der Waals surface area contributed by atoms with Gasteiger partial charge in [0.25, 0.3) is 0 Å². The lowest BCUT2D eigenvalue weighted by Gasteiger charge is -2.26. The van der Waals surface area contributed by atoms with Crippen molar-refractivity contribution < 1.29 is 14.3 Å². The van der Waals surface area contributed by atoms with Crippen LogP contribution in [0.1, 0.15) is 18.2 Å². The molecule has 1 aliphatic heterocycles. The molecule has 0 saturated heterocycles. The normalized spacial score (nSPS) is 16.5. The number of fused-ring (bicyclic) bond motifs is 1. The van der Waals surface area contributed by atoms with E-state index in [1.165, 1.54) is 12.0 Å². The Morgan fingerprint density at radius 2 is 2.08 bits per heavy atom. The molecule has 2 aromatic rings. The molecular formula is C18H20N4O3. The minimum atomic E-state index is -0.598. The fraction of sp³-hybridized carbons (Fsp3) is 0.278. The number of para-hydroxylation sites is 1. The van der Waals surface area contributed by atoms with Gasteiger partial charge in [0.15, 0.2) is 0 Å². The van der Waals surface area contributed by atoms with E-state index in [-0.39, 0.29) is 11.9 Å². The van der Waals surface area contributed by atoms with E-state index in [1.54, 1.807) is 26.0 Å². The van der Waals surface area contributed by atoms with Gasteiger partial charge in [0.2, 0.25) is 11.8 Å². The highest BCUT2D eigenvalue weighted by molar-refractivity contribution is 6.00. The van der Waals surface area contributed by atoms with Gasteiger partial charge in [0, 0.05) is 11.8 Å². The molecule has 1 aliphatic rings. The molecule has 3 amide bonds. The van der Waals surface area contributed by atoms with Gasteiger partial charge in [-0.15, -0.1) is 0 Å². The molecule has 1 aromatic carbocycles. The summed E-state index contributed by atoms with van der Waals surface area (Å²) in [5.74, 6) is 0.261. The van der Waals surface area contributed by atoms with Crippen LogP contribution in [-0.4, -0.2) is 35.0 Å². The van der Waals surface area contributed by atoms with Crippen molar-refractivity contribution in [3.8, 4) is 5.88 Å². The summed E-state index contributed by atoms with van der Waals surface area (Å²) >= 11 is 0. The molecule has 2 N–H and O–H groups in total. The topological polar surface area (TPSA) is 83.6 Å². The fourth-order valence-electron chi connectivity index (χ4n) is 2.70. The lowest BCUT2D eigenvalue weighted by molar-refractivity contribution is -0.119. The first kappa shape index (κ1) is 16.8. The Hall–Kier alpha value is -3.09. The van der Waals surface area contributed by atoms with Gasteiger partial charge in [-0.3, -0.25) is 4.79 Å². The van der Waals surface area contributed by atoms with Crippen molar-refractivity contribution in [1.82, 2.24) is 9.88 Å². The quantitative estimate of drug-likeness (QED) is 0.880. The molecule has 130 valence electrons. The van der Waals surface area contributed by atoms with E-state index in [0.717, 1.165) is 11.3 Å². The Balaban J connectivity index is 1.84. The molecule has 1 atom stereocenters. The summed E-state index contributed by atoms with van der Waals surface area (Å²) in [5.41, 5.74) is 2.84. The highest BCUT2D eigenvalue weighted by Crippen LogP contribution is 2.24. The van der Waals surface area contributed by atoms with E-state index in [1.807, 2.05) is 24.3 Å². The van der Waals surface area contributed by atoms with Crippen molar-refractivity contribution in [1.29, 1.82) is 0 Å². The van der Waals surface area contributed by atoms with Crippen LogP contribution in [0.25, 0.3) is 0 Å². The number of benzene rings is 1. The summed E-state index contributed by atoms with van der Waals surface area (Å²) in [6.45, 7) is 3.83. The Morgan fingerprint density at radius 1 is 1.32 bits per heavy atom. The molecule has 0 aliphatic carbocycles. The van der Waals surface area contributed by atoms with Crippen molar-refractivity contribution in [2.24, 2.45) is 0 Å². The highest BCUT2D eigenvalue weighted by atomic mass is 16.5. The third-order valence-corrected chi connectivity index (χ3v) is 4.23. The monoisotopic (exact) mass is 340 g/mol. The molecule has 25 heavy (non-hydrogen) atoms. The van der Waals surface area contributed by atoms with Crippen molar-refractivity contribution in [3.63, 3.8) is 0 Å². The van der Waals surface area contributed by atoms with Gasteiger partial charge in [-0.25, -0.2) is 9.78 Å². The second kappa shape index (κ2) is 6.80. The van der Waals surface area contributed by atoms with Crippen LogP contribution < -0.4 is 15.4 Å². The maximum atomic E-state index is 12.8. The van der Waals surface area contributed by atoms with Crippen LogP contribution in [0.3, 0.4) is 0 Å². The number of pyridine rings is 1. The van der Waals surface area contributed by atoms with Crippen LogP contribution in [0.4, 0.5) is 16.2 Å². The van der Waals surface area contributed by atoms with Crippen molar-refractivity contribution >= 4 is 23.3 Å². The average molecular weight is 340 g/mol. The smallest absolute Gasteiger partial charge is 0.322 e. The number of anilines is 2. The summed E-state index contributed by atoms with van der Waals surface area (Å²) in [6, 6.07) is 9.92. The third-order valence-electron chi connectivity index (χ3n) is 4.23. The Bertz CT molecular complexity index is 822. The first-order valence-corrected chi connectivity index (χ1v) is 7.97. The molecule has 1 unspecified atom stereocenters. The molecule has 0 spiro atoms. The summed E-state index contributed by atoms with van der Waals surface area (Å²) in [5, 5.41) is 5.69. The molecule has 0 fully saturated rings. The molecule has 7 nitrogen and oxygen atoms in total. The van der Waals surface area contributed by atoms with Gasteiger partial charge in [-0.05, 0) is 31.5 Å². The molecule has 7 heteroatoms. The van der Waals surface area contributed by atoms with Gasteiger partial charge in [-0.1, -0.05) is 18.2 Å². The molecule has 0 radical (unpaired) electrons. The number of aromatic nitrogens is 1. The third kappa shape index (κ3) is 3.40. The van der Waals surface area contributed by atoms with Crippen LogP contribution >= 0.6 is 0 Å². The number of amides is 3. The largest absolute Gasteiger partial charge is 0.481 e. The van der Waals surface area contributed by atoms with Crippen molar-refractivity contribution in [3.05, 3.63) is 47.7 Å². The SMILES string of the molecule is COc1ccc(NC(=O)N2Cc3ccccc3NC(=O)C2C)c(C)n1. The minimum Gasteiger partial charge on any atom is -0.481 e. The summed E-state index contributed by atoms with van der Waals surface area (Å²) in [6.07, 6.45) is 0. The number of ether oxygens (including phenoxy) is 1. The van der Waals surface area contributed by atoms with Crippen molar-refractivity contribution in [2.75, 3.05) is 17.7 Å². The number of methoxy groups -OCH3 is 1. The van der Waals surface area contributed by atoms with E-state index in [0.29, 0.717) is 23.8 Å². The zero-order chi connectivity index (χ0) is 18.0. The van der Waals surface area contributed by atoms with Gasteiger partial charge in [0.05, 0.1) is 25.0 Å². The Morgan fingerprint density at radius 3 is 2.80 bits per heavy atom. The van der Waals surface area contributed by atoms with Crippen LogP contribution in [0.2, 0.25) is 0 Å². The Kier molecular flexibility index (Phi) is 4.56. The second-order valence-corrected chi connectivity index (χ2v) is 5.87. The number of rotatable bonds is 2. The highest BCUT2D eigenvalue weighted by Gasteiger charge is 2.30. The van der Waals surface area contributed by atoms with Crippen molar-refractivity contribution in [2.45, 2.75) is 26.4 Å². The number of hydrogen-bond donors (Lipinski definition) is 2. The van der Waals surface area contributed by atoms with Gasteiger partial charge in [-0.2, -0.15) is 0 Å². The molecular weight excluding hydrogens is 320 g/mol. The number of nitrogens with one attached hydrogen (secondary N) is 2. The first-order chi connectivity index (χ1) is 12.0. The van der Waals surface area contributed by atoms with Gasteiger partial charge < -0.3 is 20.3 Å². The van der Waals surface area contributed by atoms with Gasteiger partial charge >= 0.3 is 6.03 Å². The number of urea groups is 1. The van der Waals surface area contributed by atoms with E-state index in [9.17, 15) is 9.59 Å². The summed E-state index contributed by atoms with van der Waals surface area (Å²) in [4.78, 5) is 30.8. The van der Waals surface area contributed by atoms with Crippen LogP contribution in [0.15, 0.2) is 36.4 Å². The molecule has 3 rings (SSSR count). The Labute approximate surface area is 146 Å². The maximum Gasteiger partial charge on any atom is 0.322 e. The summed E-state index contributed by atoms with van der Waals surface area (Å²) in [7, 11) is 1.54. The second-order valence-electron chi connectivity index (χ2n) is 5.87. The number of nitrogens with zero attached hydrogens (tertiary/aromatic N) is 2. The summed E-state index contributed by atoms with van der Waals surface area (Å²) < 4.78 is 5.07. The lowest BCUT2D eigenvalue weighted by atomic mass is 10.1. The van der Waals surface area contributed by atoms with Crippen LogP contribution in [0.5, 0.6) is 5.88 Å². The predicted molar refractivity (Wildman–Crippen MR) is 94.6 cm³/mol. The van der Waals surface area contributed by atoms with E-state index in [4.69, 9.17) is 4.74 Å². The fourth-order valence-corrected chi connectivity index (χ4v) is 2.70. The first-order valence-electron chi connectivity index (χ1n) is 7.97. The van der Waals surface area contributed by atoms with Crippen LogP contribution in [-0.2, 0) is 11.3 Å². The zero-order valence-electron chi connectivity index (χ0n) is 14.4.